The smallest absolute Gasteiger partial charge is 0.224 e. The lowest BCUT2D eigenvalue weighted by molar-refractivity contribution is -0.120. The summed E-state index contributed by atoms with van der Waals surface area (Å²) >= 11 is 1.52. The number of rotatable bonds is 8. The van der Waals surface area contributed by atoms with Gasteiger partial charge in [-0.1, -0.05) is 36.4 Å². The zero-order valence-electron chi connectivity index (χ0n) is 18.6. The molecule has 5 N–H and O–H groups in total. The number of nitrogens with two attached hydrogens (primary N) is 1. The Kier molecular flexibility index (Phi) is 6.95. The van der Waals surface area contributed by atoms with Crippen molar-refractivity contribution in [3.8, 4) is 11.3 Å². The minimum atomic E-state index is -0.0486. The van der Waals surface area contributed by atoms with Crippen molar-refractivity contribution in [3.05, 3.63) is 89.2 Å². The van der Waals surface area contributed by atoms with Crippen molar-refractivity contribution in [3.63, 3.8) is 0 Å². The van der Waals surface area contributed by atoms with Crippen molar-refractivity contribution in [2.24, 2.45) is 0 Å². The molecule has 0 bridgehead atoms. The summed E-state index contributed by atoms with van der Waals surface area (Å²) in [5.74, 6) is 1.09. The van der Waals surface area contributed by atoms with Crippen LogP contribution in [0, 0.1) is 13.8 Å². The van der Waals surface area contributed by atoms with Gasteiger partial charge in [-0.25, -0.2) is 9.97 Å². The summed E-state index contributed by atoms with van der Waals surface area (Å²) in [7, 11) is 0. The standard InChI is InChI=1S/C25H26N6OS/c1-16-9-17(2)11-21(10-16)33-31-23-8-5-19(14-27-23)12-24(32)28-13-18-3-6-20(7-4-18)22-15-29-25(26)30-22/h3-11,14-15H,12-13H2,1-2H3,(H,27,31)(H,28,32)(H3,26,29,30). The minimum absolute atomic E-state index is 0.0486. The van der Waals surface area contributed by atoms with Crippen molar-refractivity contribution >= 4 is 29.6 Å². The number of aromatic amines is 1. The van der Waals surface area contributed by atoms with Gasteiger partial charge in [-0.3, -0.25) is 4.79 Å². The number of nitrogens with one attached hydrogen (secondary N) is 3. The molecule has 1 amide bonds. The molecule has 0 aliphatic rings. The fourth-order valence-corrected chi connectivity index (χ4v) is 4.26. The second-order valence-electron chi connectivity index (χ2n) is 7.91. The molecule has 2 aromatic heterocycles. The number of aromatic nitrogens is 3. The Morgan fingerprint density at radius 3 is 2.33 bits per heavy atom. The van der Waals surface area contributed by atoms with E-state index in [0.717, 1.165) is 33.1 Å². The lowest BCUT2D eigenvalue weighted by Gasteiger charge is -2.08. The van der Waals surface area contributed by atoms with E-state index in [1.807, 2.05) is 36.4 Å². The number of amides is 1. The van der Waals surface area contributed by atoms with Crippen LogP contribution >= 0.6 is 11.9 Å². The number of benzene rings is 2. The number of H-pyrrole nitrogens is 1. The summed E-state index contributed by atoms with van der Waals surface area (Å²) in [5, 5.41) is 2.96. The van der Waals surface area contributed by atoms with Crippen LogP contribution in [0.15, 0.2) is 71.9 Å². The lowest BCUT2D eigenvalue weighted by atomic mass is 10.1. The molecule has 33 heavy (non-hydrogen) atoms. The van der Waals surface area contributed by atoms with E-state index < -0.39 is 0 Å². The Morgan fingerprint density at radius 2 is 1.70 bits per heavy atom. The zero-order valence-corrected chi connectivity index (χ0v) is 19.4. The second kappa shape index (κ2) is 10.2. The summed E-state index contributed by atoms with van der Waals surface area (Å²) < 4.78 is 3.25. The van der Waals surface area contributed by atoms with Crippen LogP contribution in [0.4, 0.5) is 11.8 Å². The van der Waals surface area contributed by atoms with Gasteiger partial charge < -0.3 is 20.8 Å². The van der Waals surface area contributed by atoms with Crippen molar-refractivity contribution < 1.29 is 4.79 Å². The summed E-state index contributed by atoms with van der Waals surface area (Å²) in [4.78, 5) is 24.9. The molecule has 0 unspecified atom stereocenters. The Balaban J connectivity index is 1.24. The number of anilines is 2. The molecule has 8 heteroatoms. The van der Waals surface area contributed by atoms with Gasteiger partial charge >= 0.3 is 0 Å². The van der Waals surface area contributed by atoms with E-state index >= 15 is 0 Å². The average Bonchev–Trinajstić information content (AvgIpc) is 3.23. The second-order valence-corrected chi connectivity index (χ2v) is 8.79. The highest BCUT2D eigenvalue weighted by molar-refractivity contribution is 8.00. The van der Waals surface area contributed by atoms with E-state index in [1.165, 1.54) is 23.1 Å². The molecular weight excluding hydrogens is 432 g/mol. The van der Waals surface area contributed by atoms with Crippen molar-refractivity contribution in [1.29, 1.82) is 0 Å². The maximum atomic E-state index is 12.4. The third-order valence-electron chi connectivity index (χ3n) is 5.01. The first-order chi connectivity index (χ1) is 15.9. The molecule has 2 heterocycles. The average molecular weight is 459 g/mol. The molecule has 7 nitrogen and oxygen atoms in total. The van der Waals surface area contributed by atoms with E-state index in [9.17, 15) is 4.79 Å². The number of carbonyl (C=O) groups excluding carboxylic acids is 1. The minimum Gasteiger partial charge on any atom is -0.369 e. The number of imidazole rings is 1. The fourth-order valence-electron chi connectivity index (χ4n) is 3.43. The number of nitrogens with zero attached hydrogens (tertiary/aromatic N) is 2. The molecule has 0 radical (unpaired) electrons. The molecule has 0 saturated carbocycles. The van der Waals surface area contributed by atoms with E-state index in [1.54, 1.807) is 12.4 Å². The SMILES string of the molecule is Cc1cc(C)cc(SNc2ccc(CC(=O)NCc3ccc(-c4cnc(N)[nH]4)cc3)cn2)c1. The molecule has 0 saturated heterocycles. The number of nitrogen functional groups attached to an aromatic ring is 1. The monoisotopic (exact) mass is 458 g/mol. The van der Waals surface area contributed by atoms with Crippen LogP contribution in [-0.4, -0.2) is 20.9 Å². The van der Waals surface area contributed by atoms with Gasteiger partial charge in [0.25, 0.3) is 0 Å². The Bertz CT molecular complexity index is 1210. The number of hydrogen-bond acceptors (Lipinski definition) is 6. The molecule has 0 atom stereocenters. The van der Waals surface area contributed by atoms with Crippen LogP contribution < -0.4 is 15.8 Å². The van der Waals surface area contributed by atoms with Gasteiger partial charge in [-0.05, 0) is 71.8 Å². The summed E-state index contributed by atoms with van der Waals surface area (Å²) in [6.07, 6.45) is 3.71. The predicted molar refractivity (Wildman–Crippen MR) is 134 cm³/mol. The van der Waals surface area contributed by atoms with Gasteiger partial charge in [0.1, 0.15) is 5.82 Å². The molecule has 0 fully saturated rings. The first-order valence-electron chi connectivity index (χ1n) is 10.6. The van der Waals surface area contributed by atoms with Gasteiger partial charge in [0.15, 0.2) is 5.95 Å². The molecular formula is C25H26N6OS. The predicted octanol–water partition coefficient (Wildman–Crippen LogP) is 4.65. The van der Waals surface area contributed by atoms with E-state index in [-0.39, 0.29) is 12.3 Å². The van der Waals surface area contributed by atoms with Crippen LogP contribution in [0.3, 0.4) is 0 Å². The van der Waals surface area contributed by atoms with Gasteiger partial charge in [-0.15, -0.1) is 0 Å². The largest absolute Gasteiger partial charge is 0.369 e. The maximum Gasteiger partial charge on any atom is 0.224 e. The molecule has 4 rings (SSSR count). The van der Waals surface area contributed by atoms with E-state index in [4.69, 9.17) is 5.73 Å². The molecule has 0 aliphatic carbocycles. The lowest BCUT2D eigenvalue weighted by Crippen LogP contribution is -2.24. The van der Waals surface area contributed by atoms with Crippen LogP contribution in [-0.2, 0) is 17.8 Å². The molecule has 4 aromatic rings. The molecule has 0 spiro atoms. The maximum absolute atomic E-state index is 12.4. The molecule has 168 valence electrons. The number of aryl methyl sites for hydroxylation is 2. The third kappa shape index (κ3) is 6.36. The van der Waals surface area contributed by atoms with Gasteiger partial charge in [0.2, 0.25) is 5.91 Å². The Labute approximate surface area is 197 Å². The Morgan fingerprint density at radius 1 is 0.970 bits per heavy atom. The van der Waals surface area contributed by atoms with Crippen LogP contribution in [0.1, 0.15) is 22.3 Å². The summed E-state index contributed by atoms with van der Waals surface area (Å²) in [5.41, 5.74) is 11.8. The van der Waals surface area contributed by atoms with E-state index in [0.29, 0.717) is 12.5 Å². The highest BCUT2D eigenvalue weighted by Crippen LogP contribution is 2.22. The first-order valence-corrected chi connectivity index (χ1v) is 11.4. The number of hydrogen-bond donors (Lipinski definition) is 4. The van der Waals surface area contributed by atoms with E-state index in [2.05, 4.69) is 57.0 Å². The summed E-state index contributed by atoms with van der Waals surface area (Å²) in [6, 6.07) is 18.1. The van der Waals surface area contributed by atoms with Crippen LogP contribution in [0.5, 0.6) is 0 Å². The quantitative estimate of drug-likeness (QED) is 0.286. The van der Waals surface area contributed by atoms with Crippen LogP contribution in [0.25, 0.3) is 11.3 Å². The Hall–Kier alpha value is -3.78. The van der Waals surface area contributed by atoms with Crippen LogP contribution in [0.2, 0.25) is 0 Å². The zero-order chi connectivity index (χ0) is 23.2. The summed E-state index contributed by atoms with van der Waals surface area (Å²) in [6.45, 7) is 4.63. The van der Waals surface area contributed by atoms with Crippen molar-refractivity contribution in [2.75, 3.05) is 10.5 Å². The van der Waals surface area contributed by atoms with Crippen molar-refractivity contribution in [2.45, 2.75) is 31.7 Å². The number of pyridine rings is 1. The van der Waals surface area contributed by atoms with Gasteiger partial charge in [-0.2, -0.15) is 0 Å². The molecule has 2 aromatic carbocycles. The highest BCUT2D eigenvalue weighted by Gasteiger charge is 2.06. The molecule has 0 aliphatic heterocycles. The first kappa shape index (κ1) is 22.4. The third-order valence-corrected chi connectivity index (χ3v) is 5.79. The van der Waals surface area contributed by atoms with Crippen molar-refractivity contribution in [1.82, 2.24) is 20.3 Å². The number of carbonyl (C=O) groups is 1. The fraction of sp³-hybridized carbons (Fsp3) is 0.160. The normalized spacial score (nSPS) is 10.7. The van der Waals surface area contributed by atoms with Gasteiger partial charge in [0, 0.05) is 17.6 Å². The topological polar surface area (TPSA) is 109 Å². The van der Waals surface area contributed by atoms with Gasteiger partial charge in [0.05, 0.1) is 18.3 Å². The highest BCUT2D eigenvalue weighted by atomic mass is 32.2.